The van der Waals surface area contributed by atoms with Gasteiger partial charge < -0.3 is 0 Å². The number of rotatable bonds is 2. The fourth-order valence-corrected chi connectivity index (χ4v) is 3.60. The summed E-state index contributed by atoms with van der Waals surface area (Å²) in [6.45, 7) is 2.05. The Morgan fingerprint density at radius 1 is 1.16 bits per heavy atom. The lowest BCUT2D eigenvalue weighted by atomic mass is 10.2. The first-order valence-corrected chi connectivity index (χ1v) is 7.56. The van der Waals surface area contributed by atoms with Crippen molar-refractivity contribution in [2.24, 2.45) is 4.99 Å². The van der Waals surface area contributed by atoms with Crippen molar-refractivity contribution in [3.8, 4) is 0 Å². The molecule has 0 radical (unpaired) electrons. The van der Waals surface area contributed by atoms with Gasteiger partial charge in [0.25, 0.3) is 5.91 Å². The Morgan fingerprint density at radius 3 is 2.63 bits per heavy atom. The van der Waals surface area contributed by atoms with E-state index in [2.05, 4.69) is 11.1 Å². The molecule has 1 aliphatic rings. The van der Waals surface area contributed by atoms with E-state index in [4.69, 9.17) is 0 Å². The van der Waals surface area contributed by atoms with Crippen LogP contribution < -0.4 is 0 Å². The van der Waals surface area contributed by atoms with E-state index in [-0.39, 0.29) is 5.91 Å². The summed E-state index contributed by atoms with van der Waals surface area (Å²) in [5.74, 6) is -0.142. The number of amides is 1. The normalized spacial score (nSPS) is 17.0. The van der Waals surface area contributed by atoms with Gasteiger partial charge in [0.15, 0.2) is 0 Å². The van der Waals surface area contributed by atoms with Crippen LogP contribution in [0.1, 0.15) is 16.0 Å². The first-order chi connectivity index (χ1) is 9.24. The number of thioether (sulfide) groups is 1. The molecule has 2 heterocycles. The molecule has 0 saturated heterocycles. The molecule has 2 aromatic rings. The van der Waals surface area contributed by atoms with Gasteiger partial charge in [-0.05, 0) is 30.0 Å². The summed E-state index contributed by atoms with van der Waals surface area (Å²) in [6, 6.07) is 11.9. The van der Waals surface area contributed by atoms with Crippen LogP contribution in [0.15, 0.2) is 51.7 Å². The first-order valence-electron chi connectivity index (χ1n) is 5.86. The molecule has 4 heteroatoms. The maximum absolute atomic E-state index is 11.9. The fourth-order valence-electron chi connectivity index (χ4n) is 1.76. The number of benzene rings is 1. The van der Waals surface area contributed by atoms with Gasteiger partial charge in [0, 0.05) is 10.4 Å². The van der Waals surface area contributed by atoms with Gasteiger partial charge in [0.1, 0.15) is 5.04 Å². The molecule has 0 unspecified atom stereocenters. The number of hydrogen-bond acceptors (Lipinski definition) is 3. The Bertz CT molecular complexity index is 683. The van der Waals surface area contributed by atoms with Crippen LogP contribution in [0, 0.1) is 6.92 Å². The highest BCUT2D eigenvalue weighted by molar-refractivity contribution is 8.19. The summed E-state index contributed by atoms with van der Waals surface area (Å²) in [7, 11) is 0. The number of aryl methyl sites for hydroxylation is 1. The summed E-state index contributed by atoms with van der Waals surface area (Å²) in [6.07, 6.45) is 1.94. The van der Waals surface area contributed by atoms with Crippen LogP contribution in [0.5, 0.6) is 0 Å². The number of nitrogens with zero attached hydrogens (tertiary/aromatic N) is 1. The van der Waals surface area contributed by atoms with E-state index in [0.29, 0.717) is 4.91 Å². The van der Waals surface area contributed by atoms with Gasteiger partial charge in [-0.25, -0.2) is 4.99 Å². The van der Waals surface area contributed by atoms with Crippen molar-refractivity contribution in [2.45, 2.75) is 6.92 Å². The zero-order valence-electron chi connectivity index (χ0n) is 10.3. The second-order valence-corrected chi connectivity index (χ2v) is 6.14. The Kier molecular flexibility index (Phi) is 3.36. The third-order valence-electron chi connectivity index (χ3n) is 2.81. The number of hydrogen-bond donors (Lipinski definition) is 0. The van der Waals surface area contributed by atoms with Gasteiger partial charge in [0.05, 0.1) is 4.91 Å². The molecule has 1 amide bonds. The molecule has 19 heavy (non-hydrogen) atoms. The van der Waals surface area contributed by atoms with Crippen molar-refractivity contribution in [3.05, 3.63) is 62.7 Å². The highest BCUT2D eigenvalue weighted by Gasteiger charge is 2.22. The van der Waals surface area contributed by atoms with E-state index in [1.807, 2.05) is 48.7 Å². The standard InChI is InChI=1S/C15H11NOS2/c1-10-7-8-18-12(10)9-13-14(17)16-15(19-13)11-5-3-2-4-6-11/h2-9H,1H3/b13-9+. The van der Waals surface area contributed by atoms with E-state index in [0.717, 1.165) is 15.5 Å². The number of carbonyl (C=O) groups excluding carboxylic acids is 1. The molecular formula is C15H11NOS2. The maximum Gasteiger partial charge on any atom is 0.284 e. The molecule has 3 rings (SSSR count). The van der Waals surface area contributed by atoms with Crippen LogP contribution in [0.4, 0.5) is 0 Å². The van der Waals surface area contributed by atoms with Crippen LogP contribution in [0.3, 0.4) is 0 Å². The molecule has 0 N–H and O–H groups in total. The third kappa shape index (κ3) is 2.55. The summed E-state index contributed by atoms with van der Waals surface area (Å²) in [5.41, 5.74) is 2.19. The molecule has 0 spiro atoms. The van der Waals surface area contributed by atoms with Crippen LogP contribution >= 0.6 is 23.1 Å². The molecule has 0 fully saturated rings. The van der Waals surface area contributed by atoms with Crippen LogP contribution in [0.25, 0.3) is 6.08 Å². The van der Waals surface area contributed by atoms with Gasteiger partial charge in [-0.15, -0.1) is 11.3 Å². The van der Waals surface area contributed by atoms with Crippen molar-refractivity contribution < 1.29 is 4.79 Å². The predicted molar refractivity (Wildman–Crippen MR) is 82.6 cm³/mol. The van der Waals surface area contributed by atoms with E-state index < -0.39 is 0 Å². The maximum atomic E-state index is 11.9. The molecule has 2 nitrogen and oxygen atoms in total. The first kappa shape index (κ1) is 12.4. The van der Waals surface area contributed by atoms with Crippen molar-refractivity contribution in [2.75, 3.05) is 0 Å². The summed E-state index contributed by atoms with van der Waals surface area (Å²) < 4.78 is 0. The van der Waals surface area contributed by atoms with Crippen molar-refractivity contribution >= 4 is 40.1 Å². The third-order valence-corrected chi connectivity index (χ3v) is 4.80. The highest BCUT2D eigenvalue weighted by atomic mass is 32.2. The molecule has 0 saturated carbocycles. The minimum Gasteiger partial charge on any atom is -0.266 e. The summed E-state index contributed by atoms with van der Waals surface area (Å²) in [4.78, 5) is 17.9. The number of carbonyl (C=O) groups is 1. The Hall–Kier alpha value is -1.65. The van der Waals surface area contributed by atoms with Crippen LogP contribution in [0.2, 0.25) is 0 Å². The molecule has 94 valence electrons. The predicted octanol–water partition coefficient (Wildman–Crippen LogP) is 4.12. The zero-order valence-corrected chi connectivity index (χ0v) is 11.9. The quantitative estimate of drug-likeness (QED) is 0.777. The fraction of sp³-hybridized carbons (Fsp3) is 0.0667. The average Bonchev–Trinajstić information content (AvgIpc) is 2.99. The number of thiophene rings is 1. The minimum atomic E-state index is -0.142. The number of aliphatic imine (C=N–C) groups is 1. The van der Waals surface area contributed by atoms with E-state index in [9.17, 15) is 4.79 Å². The second kappa shape index (κ2) is 5.15. The minimum absolute atomic E-state index is 0.142. The Morgan fingerprint density at radius 2 is 1.95 bits per heavy atom. The lowest BCUT2D eigenvalue weighted by Gasteiger charge is -1.98. The summed E-state index contributed by atoms with van der Waals surface area (Å²) >= 11 is 3.09. The van der Waals surface area contributed by atoms with E-state index in [1.54, 1.807) is 11.3 Å². The van der Waals surface area contributed by atoms with Gasteiger partial charge in [-0.2, -0.15) is 0 Å². The largest absolute Gasteiger partial charge is 0.284 e. The zero-order chi connectivity index (χ0) is 13.2. The van der Waals surface area contributed by atoms with Gasteiger partial charge in [-0.3, -0.25) is 4.79 Å². The average molecular weight is 285 g/mol. The summed E-state index contributed by atoms with van der Waals surface area (Å²) in [5, 5.41) is 2.82. The SMILES string of the molecule is Cc1ccsc1/C=C1/SC(c2ccccc2)=NC1=O. The smallest absolute Gasteiger partial charge is 0.266 e. The van der Waals surface area contributed by atoms with Crippen LogP contribution in [-0.4, -0.2) is 11.0 Å². The van der Waals surface area contributed by atoms with Crippen molar-refractivity contribution in [3.63, 3.8) is 0 Å². The highest BCUT2D eigenvalue weighted by Crippen LogP contribution is 2.33. The molecular weight excluding hydrogens is 274 g/mol. The van der Waals surface area contributed by atoms with Crippen LogP contribution in [-0.2, 0) is 4.79 Å². The van der Waals surface area contributed by atoms with E-state index >= 15 is 0 Å². The van der Waals surface area contributed by atoms with Crippen molar-refractivity contribution in [1.82, 2.24) is 0 Å². The van der Waals surface area contributed by atoms with Gasteiger partial charge in [-0.1, -0.05) is 42.1 Å². The lowest BCUT2D eigenvalue weighted by Crippen LogP contribution is -1.89. The molecule has 1 aliphatic heterocycles. The molecule has 0 aliphatic carbocycles. The van der Waals surface area contributed by atoms with Gasteiger partial charge >= 0.3 is 0 Å². The molecule has 0 atom stereocenters. The Labute approximate surface area is 119 Å². The second-order valence-electron chi connectivity index (χ2n) is 4.17. The Balaban J connectivity index is 1.89. The van der Waals surface area contributed by atoms with E-state index in [1.165, 1.54) is 17.3 Å². The van der Waals surface area contributed by atoms with Gasteiger partial charge in [0.2, 0.25) is 0 Å². The lowest BCUT2D eigenvalue weighted by molar-refractivity contribution is -0.113. The molecule has 0 bridgehead atoms. The molecule has 1 aromatic heterocycles. The molecule has 1 aromatic carbocycles. The van der Waals surface area contributed by atoms with Crippen molar-refractivity contribution in [1.29, 1.82) is 0 Å². The monoisotopic (exact) mass is 285 g/mol. The topological polar surface area (TPSA) is 29.4 Å².